The largest absolute Gasteiger partial charge is 0.340 e. The summed E-state index contributed by atoms with van der Waals surface area (Å²) in [5.74, 6) is -1.54. The van der Waals surface area contributed by atoms with Crippen molar-refractivity contribution in [3.8, 4) is 10.6 Å². The van der Waals surface area contributed by atoms with E-state index in [2.05, 4.69) is 20.8 Å². The summed E-state index contributed by atoms with van der Waals surface area (Å²) in [4.78, 5) is 25.7. The average Bonchev–Trinajstić information content (AvgIpc) is 3.28. The SMILES string of the molecule is O=C(NC(Cc1ccccc1)C(=O)Nc1nnc(-c2ccc(Cl)cc2)s1)c1cccc(F)c1. The Hall–Kier alpha value is -3.62. The molecule has 1 heterocycles. The molecule has 0 spiro atoms. The molecule has 3 aromatic carbocycles. The van der Waals surface area contributed by atoms with Gasteiger partial charge in [0.25, 0.3) is 5.91 Å². The van der Waals surface area contributed by atoms with E-state index in [-0.39, 0.29) is 12.0 Å². The van der Waals surface area contributed by atoms with E-state index in [1.54, 1.807) is 12.1 Å². The van der Waals surface area contributed by atoms with Crippen LogP contribution >= 0.6 is 22.9 Å². The second-order valence-corrected chi connectivity index (χ2v) is 8.55. The highest BCUT2D eigenvalue weighted by Crippen LogP contribution is 2.27. The predicted octanol–water partition coefficient (Wildman–Crippen LogP) is 4.98. The standard InChI is InChI=1S/C24H18ClFN4O2S/c25-18-11-9-16(10-12-18)23-29-30-24(33-23)28-22(32)20(13-15-5-2-1-3-6-15)27-21(31)17-7-4-8-19(26)14-17/h1-12,14,20H,13H2,(H,27,31)(H,28,30,32). The molecule has 2 amide bonds. The fourth-order valence-corrected chi connectivity index (χ4v) is 3.98. The third kappa shape index (κ3) is 6.00. The van der Waals surface area contributed by atoms with Gasteiger partial charge in [0.1, 0.15) is 16.9 Å². The fraction of sp³-hybridized carbons (Fsp3) is 0.0833. The van der Waals surface area contributed by atoms with Crippen molar-refractivity contribution in [3.63, 3.8) is 0 Å². The van der Waals surface area contributed by atoms with Crippen LogP contribution in [0.2, 0.25) is 5.02 Å². The van der Waals surface area contributed by atoms with Crippen molar-refractivity contribution in [2.45, 2.75) is 12.5 Å². The molecule has 0 radical (unpaired) electrons. The molecule has 4 aromatic rings. The Morgan fingerprint density at radius 3 is 2.45 bits per heavy atom. The molecule has 2 N–H and O–H groups in total. The monoisotopic (exact) mass is 480 g/mol. The fourth-order valence-electron chi connectivity index (χ4n) is 3.11. The Kier molecular flexibility index (Phi) is 7.07. The number of hydrogen-bond donors (Lipinski definition) is 2. The van der Waals surface area contributed by atoms with Crippen LogP contribution in [0.4, 0.5) is 9.52 Å². The van der Waals surface area contributed by atoms with Gasteiger partial charge in [-0.1, -0.05) is 71.5 Å². The number of carbonyl (C=O) groups excluding carboxylic acids is 2. The first-order valence-electron chi connectivity index (χ1n) is 9.98. The van der Waals surface area contributed by atoms with Crippen LogP contribution in [0.15, 0.2) is 78.9 Å². The normalized spacial score (nSPS) is 11.6. The average molecular weight is 481 g/mol. The van der Waals surface area contributed by atoms with Crippen LogP contribution in [0, 0.1) is 5.82 Å². The van der Waals surface area contributed by atoms with Crippen LogP contribution in [0.25, 0.3) is 10.6 Å². The van der Waals surface area contributed by atoms with Crippen LogP contribution in [0.5, 0.6) is 0 Å². The molecule has 0 fully saturated rings. The molecule has 0 aliphatic carbocycles. The van der Waals surface area contributed by atoms with Gasteiger partial charge in [0.15, 0.2) is 0 Å². The van der Waals surface area contributed by atoms with Gasteiger partial charge in [0, 0.05) is 22.6 Å². The Balaban J connectivity index is 1.51. The summed E-state index contributed by atoms with van der Waals surface area (Å²) in [7, 11) is 0. The van der Waals surface area contributed by atoms with Crippen molar-refractivity contribution in [3.05, 3.63) is 101 Å². The van der Waals surface area contributed by atoms with E-state index in [4.69, 9.17) is 11.6 Å². The first-order valence-corrected chi connectivity index (χ1v) is 11.2. The summed E-state index contributed by atoms with van der Waals surface area (Å²) in [5, 5.41) is 15.1. The molecule has 166 valence electrons. The van der Waals surface area contributed by atoms with Gasteiger partial charge in [0.05, 0.1) is 0 Å². The van der Waals surface area contributed by atoms with E-state index < -0.39 is 23.7 Å². The topological polar surface area (TPSA) is 84.0 Å². The predicted molar refractivity (Wildman–Crippen MR) is 127 cm³/mol. The molecule has 1 unspecified atom stereocenters. The number of aromatic nitrogens is 2. The van der Waals surface area contributed by atoms with Crippen LogP contribution in [0.3, 0.4) is 0 Å². The number of hydrogen-bond acceptors (Lipinski definition) is 5. The quantitative estimate of drug-likeness (QED) is 0.391. The minimum absolute atomic E-state index is 0.127. The molecule has 9 heteroatoms. The van der Waals surface area contributed by atoms with Crippen LogP contribution in [-0.4, -0.2) is 28.1 Å². The third-order valence-corrected chi connectivity index (χ3v) is 5.88. The Labute approximate surface area is 198 Å². The molecular formula is C24H18ClFN4O2S. The molecule has 0 aliphatic heterocycles. The number of anilines is 1. The molecule has 1 atom stereocenters. The van der Waals surface area contributed by atoms with E-state index in [9.17, 15) is 14.0 Å². The summed E-state index contributed by atoms with van der Waals surface area (Å²) in [6, 6.07) is 20.8. The highest BCUT2D eigenvalue weighted by molar-refractivity contribution is 7.18. The maximum atomic E-state index is 13.5. The van der Waals surface area contributed by atoms with Gasteiger partial charge in [-0.25, -0.2) is 4.39 Å². The van der Waals surface area contributed by atoms with E-state index in [1.807, 2.05) is 42.5 Å². The van der Waals surface area contributed by atoms with Crippen molar-refractivity contribution in [1.29, 1.82) is 0 Å². The van der Waals surface area contributed by atoms with Gasteiger partial charge in [-0.05, 0) is 35.9 Å². The van der Waals surface area contributed by atoms with Crippen molar-refractivity contribution >= 4 is 39.9 Å². The van der Waals surface area contributed by atoms with Crippen LogP contribution in [-0.2, 0) is 11.2 Å². The maximum absolute atomic E-state index is 13.5. The zero-order valence-corrected chi connectivity index (χ0v) is 18.7. The van der Waals surface area contributed by atoms with E-state index in [0.717, 1.165) is 17.2 Å². The minimum atomic E-state index is -0.911. The van der Waals surface area contributed by atoms with E-state index in [1.165, 1.54) is 29.5 Å². The molecular weight excluding hydrogens is 463 g/mol. The maximum Gasteiger partial charge on any atom is 0.252 e. The molecule has 0 aliphatic rings. The van der Waals surface area contributed by atoms with Gasteiger partial charge < -0.3 is 5.32 Å². The van der Waals surface area contributed by atoms with Gasteiger partial charge in [0.2, 0.25) is 11.0 Å². The second-order valence-electron chi connectivity index (χ2n) is 7.13. The molecule has 0 saturated carbocycles. The highest BCUT2D eigenvalue weighted by atomic mass is 35.5. The van der Waals surface area contributed by atoms with Gasteiger partial charge in [-0.2, -0.15) is 0 Å². The number of nitrogens with zero attached hydrogens (tertiary/aromatic N) is 2. The molecule has 6 nitrogen and oxygen atoms in total. The first kappa shape index (κ1) is 22.6. The van der Waals surface area contributed by atoms with Crippen molar-refractivity contribution < 1.29 is 14.0 Å². The van der Waals surface area contributed by atoms with Gasteiger partial charge >= 0.3 is 0 Å². The molecule has 4 rings (SSSR count). The third-order valence-electron chi connectivity index (χ3n) is 4.74. The van der Waals surface area contributed by atoms with Crippen molar-refractivity contribution in [2.75, 3.05) is 5.32 Å². The first-order chi connectivity index (χ1) is 16.0. The smallest absolute Gasteiger partial charge is 0.252 e. The second kappa shape index (κ2) is 10.3. The number of nitrogens with one attached hydrogen (secondary N) is 2. The Morgan fingerprint density at radius 2 is 1.73 bits per heavy atom. The van der Waals surface area contributed by atoms with Crippen molar-refractivity contribution in [2.24, 2.45) is 0 Å². The number of rotatable bonds is 7. The summed E-state index contributed by atoms with van der Waals surface area (Å²) in [6.07, 6.45) is 0.247. The number of carbonyl (C=O) groups is 2. The number of halogens is 2. The van der Waals surface area contributed by atoms with E-state index in [0.29, 0.717) is 15.2 Å². The van der Waals surface area contributed by atoms with Gasteiger partial charge in [-0.3, -0.25) is 14.9 Å². The Morgan fingerprint density at radius 1 is 0.970 bits per heavy atom. The molecule has 33 heavy (non-hydrogen) atoms. The van der Waals surface area contributed by atoms with E-state index >= 15 is 0 Å². The van der Waals surface area contributed by atoms with Gasteiger partial charge in [-0.15, -0.1) is 10.2 Å². The van der Waals surface area contributed by atoms with Crippen LogP contribution < -0.4 is 10.6 Å². The molecule has 0 saturated heterocycles. The van der Waals surface area contributed by atoms with Crippen LogP contribution in [0.1, 0.15) is 15.9 Å². The lowest BCUT2D eigenvalue weighted by Gasteiger charge is -2.18. The Bertz CT molecular complexity index is 1260. The molecule has 1 aromatic heterocycles. The lowest BCUT2D eigenvalue weighted by molar-refractivity contribution is -0.118. The highest BCUT2D eigenvalue weighted by Gasteiger charge is 2.23. The summed E-state index contributed by atoms with van der Waals surface area (Å²) in [6.45, 7) is 0. The van der Waals surface area contributed by atoms with Crippen molar-refractivity contribution in [1.82, 2.24) is 15.5 Å². The summed E-state index contributed by atoms with van der Waals surface area (Å²) >= 11 is 7.13. The number of amides is 2. The summed E-state index contributed by atoms with van der Waals surface area (Å²) in [5.41, 5.74) is 1.80. The number of benzene rings is 3. The zero-order valence-electron chi connectivity index (χ0n) is 17.2. The lowest BCUT2D eigenvalue weighted by Crippen LogP contribution is -2.45. The summed E-state index contributed by atoms with van der Waals surface area (Å²) < 4.78 is 13.5. The minimum Gasteiger partial charge on any atom is -0.340 e. The zero-order chi connectivity index (χ0) is 23.2. The lowest BCUT2D eigenvalue weighted by atomic mass is 10.0. The molecule has 0 bridgehead atoms.